The van der Waals surface area contributed by atoms with Crippen LogP contribution in [0.1, 0.15) is 69.5 Å². The first kappa shape index (κ1) is 32.3. The van der Waals surface area contributed by atoms with Gasteiger partial charge >= 0.3 is 12.1 Å². The highest BCUT2D eigenvalue weighted by Gasteiger charge is 2.45. The minimum atomic E-state index is -4.81. The summed E-state index contributed by atoms with van der Waals surface area (Å²) in [5, 5.41) is 4.49. The van der Waals surface area contributed by atoms with Gasteiger partial charge in [0.25, 0.3) is 0 Å². The molecule has 0 radical (unpaired) electrons. The van der Waals surface area contributed by atoms with Crippen LogP contribution in [0, 0.1) is 18.3 Å². The summed E-state index contributed by atoms with van der Waals surface area (Å²) >= 11 is 6.13. The lowest BCUT2D eigenvalue weighted by molar-refractivity contribution is -0.198. The third-order valence-corrected chi connectivity index (χ3v) is 7.12. The molecule has 0 saturated heterocycles. The fourth-order valence-corrected chi connectivity index (χ4v) is 4.93. The van der Waals surface area contributed by atoms with Gasteiger partial charge in [0.2, 0.25) is 17.9 Å². The van der Waals surface area contributed by atoms with Crippen molar-refractivity contribution in [2.45, 2.75) is 71.7 Å². The van der Waals surface area contributed by atoms with E-state index in [1.165, 1.54) is 28.9 Å². The molecule has 3 aromatic rings. The van der Waals surface area contributed by atoms with Crippen molar-refractivity contribution in [3.8, 4) is 11.6 Å². The SMILES string of the molecule is Cc1ccn(-c2cc(Cl)ccc2[C@@H](Oc2cc(C3=CCC(C[C@H](N)C(=O)OCC(C)(C)C)CC3)nc(N)n2)C(F)(F)F)n1. The molecule has 13 heteroatoms. The monoisotopic (exact) mass is 620 g/mol. The van der Waals surface area contributed by atoms with Crippen LogP contribution in [0.2, 0.25) is 5.02 Å². The van der Waals surface area contributed by atoms with Crippen LogP contribution in [-0.4, -0.2) is 44.5 Å². The van der Waals surface area contributed by atoms with Crippen LogP contribution in [0.15, 0.2) is 42.6 Å². The molecule has 9 nitrogen and oxygen atoms in total. The van der Waals surface area contributed by atoms with Crippen LogP contribution in [-0.2, 0) is 9.53 Å². The predicted molar refractivity (Wildman–Crippen MR) is 158 cm³/mol. The van der Waals surface area contributed by atoms with Crippen molar-refractivity contribution in [2.24, 2.45) is 17.1 Å². The number of aromatic nitrogens is 4. The number of esters is 1. The first-order valence-electron chi connectivity index (χ1n) is 13.9. The summed E-state index contributed by atoms with van der Waals surface area (Å²) in [4.78, 5) is 20.5. The minimum absolute atomic E-state index is 0.117. The number of nitrogens with two attached hydrogens (primary N) is 2. The van der Waals surface area contributed by atoms with E-state index in [2.05, 4.69) is 15.1 Å². The van der Waals surface area contributed by atoms with Gasteiger partial charge in [-0.1, -0.05) is 44.5 Å². The molecule has 232 valence electrons. The Balaban J connectivity index is 1.52. The van der Waals surface area contributed by atoms with Crippen molar-refractivity contribution in [1.29, 1.82) is 0 Å². The molecule has 0 bridgehead atoms. The Hall–Kier alpha value is -3.64. The maximum atomic E-state index is 14.4. The van der Waals surface area contributed by atoms with Gasteiger partial charge in [-0.3, -0.25) is 4.79 Å². The summed E-state index contributed by atoms with van der Waals surface area (Å²) in [6, 6.07) is 6.29. The first-order chi connectivity index (χ1) is 20.1. The lowest BCUT2D eigenvalue weighted by Crippen LogP contribution is -2.36. The molecule has 0 fully saturated rings. The fourth-order valence-electron chi connectivity index (χ4n) is 4.77. The number of nitrogen functional groups attached to an aromatic ring is 1. The number of rotatable bonds is 9. The van der Waals surface area contributed by atoms with Crippen molar-refractivity contribution in [3.63, 3.8) is 0 Å². The molecule has 1 aliphatic carbocycles. The number of hydrogen-bond acceptors (Lipinski definition) is 8. The van der Waals surface area contributed by atoms with Crippen molar-refractivity contribution in [2.75, 3.05) is 12.3 Å². The highest BCUT2D eigenvalue weighted by atomic mass is 35.5. The molecule has 4 N–H and O–H groups in total. The van der Waals surface area contributed by atoms with Crippen LogP contribution < -0.4 is 16.2 Å². The lowest BCUT2D eigenvalue weighted by atomic mass is 9.84. The number of alkyl halides is 3. The van der Waals surface area contributed by atoms with E-state index in [0.29, 0.717) is 37.1 Å². The molecular weight excluding hydrogens is 585 g/mol. The number of ether oxygens (including phenoxy) is 2. The zero-order chi connectivity index (χ0) is 31.5. The standard InChI is InChI=1S/C30H36ClF3N6O3/c1-17-11-12-40(39-17)24-14-20(31)9-10-21(24)26(30(32,33)34)43-25-15-23(37-28(36)38-25)19-7-5-18(6-8-19)13-22(35)27(41)42-16-29(2,3)4/h7,9-12,14-15,18,22,26H,5-6,8,13,16,35H2,1-4H3,(H2,36,37,38)/t18?,22-,26+/m0/s1. The molecule has 1 aromatic carbocycles. The van der Waals surface area contributed by atoms with E-state index in [0.717, 1.165) is 5.57 Å². The van der Waals surface area contributed by atoms with Gasteiger partial charge in [0.15, 0.2) is 0 Å². The molecule has 3 atom stereocenters. The Morgan fingerprint density at radius 2 is 1.93 bits per heavy atom. The Morgan fingerprint density at radius 3 is 2.53 bits per heavy atom. The second kappa shape index (κ2) is 12.9. The number of carbonyl (C=O) groups excluding carboxylic acids is 1. The number of allylic oxidation sites excluding steroid dienone is 2. The van der Waals surface area contributed by atoms with E-state index in [9.17, 15) is 18.0 Å². The lowest BCUT2D eigenvalue weighted by Gasteiger charge is -2.26. The number of benzene rings is 1. The van der Waals surface area contributed by atoms with Crippen LogP contribution in [0.25, 0.3) is 11.3 Å². The van der Waals surface area contributed by atoms with E-state index in [4.69, 9.17) is 32.5 Å². The van der Waals surface area contributed by atoms with Gasteiger partial charge in [-0.25, -0.2) is 9.67 Å². The Kier molecular flexibility index (Phi) is 9.70. The molecule has 4 rings (SSSR count). The molecule has 0 saturated carbocycles. The van der Waals surface area contributed by atoms with Gasteiger partial charge in [-0.15, -0.1) is 0 Å². The third-order valence-electron chi connectivity index (χ3n) is 6.89. The summed E-state index contributed by atoms with van der Waals surface area (Å²) in [5.41, 5.74) is 13.5. The Labute approximate surface area is 253 Å². The molecule has 0 spiro atoms. The maximum Gasteiger partial charge on any atom is 0.429 e. The molecule has 2 heterocycles. The van der Waals surface area contributed by atoms with Crippen LogP contribution >= 0.6 is 11.6 Å². The van der Waals surface area contributed by atoms with Crippen molar-refractivity contribution in [1.82, 2.24) is 19.7 Å². The van der Waals surface area contributed by atoms with Gasteiger partial charge in [0, 0.05) is 22.8 Å². The second-order valence-electron chi connectivity index (χ2n) is 12.0. The average molecular weight is 621 g/mol. The van der Waals surface area contributed by atoms with Crippen LogP contribution in [0.5, 0.6) is 5.88 Å². The summed E-state index contributed by atoms with van der Waals surface area (Å²) in [7, 11) is 0. The van der Waals surface area contributed by atoms with Crippen LogP contribution in [0.3, 0.4) is 0 Å². The largest absolute Gasteiger partial charge is 0.464 e. The van der Waals surface area contributed by atoms with E-state index < -0.39 is 24.3 Å². The summed E-state index contributed by atoms with van der Waals surface area (Å²) in [6.07, 6.45) is -1.39. The van der Waals surface area contributed by atoms with E-state index in [1.807, 2.05) is 26.8 Å². The normalized spacial score (nSPS) is 17.2. The molecule has 1 aliphatic rings. The van der Waals surface area contributed by atoms with Crippen molar-refractivity contribution < 1.29 is 27.4 Å². The molecular formula is C30H36ClF3N6O3. The summed E-state index contributed by atoms with van der Waals surface area (Å²) in [6.45, 7) is 7.91. The van der Waals surface area contributed by atoms with E-state index in [-0.39, 0.29) is 46.0 Å². The molecule has 0 amide bonds. The zero-order valence-corrected chi connectivity index (χ0v) is 25.2. The number of nitrogens with zero attached hydrogens (tertiary/aromatic N) is 4. The van der Waals surface area contributed by atoms with Gasteiger partial charge in [0.1, 0.15) is 6.04 Å². The maximum absolute atomic E-state index is 14.4. The topological polar surface area (TPSA) is 131 Å². The predicted octanol–water partition coefficient (Wildman–Crippen LogP) is 6.38. The van der Waals surface area contributed by atoms with E-state index in [1.54, 1.807) is 19.2 Å². The van der Waals surface area contributed by atoms with Gasteiger partial charge in [-0.05, 0) is 67.7 Å². The number of halogens is 4. The van der Waals surface area contributed by atoms with Crippen molar-refractivity contribution in [3.05, 3.63) is 64.6 Å². The number of anilines is 1. The van der Waals surface area contributed by atoms with Crippen molar-refractivity contribution >= 4 is 29.1 Å². The zero-order valence-electron chi connectivity index (χ0n) is 24.5. The fraction of sp³-hybridized carbons (Fsp3) is 0.467. The average Bonchev–Trinajstić information content (AvgIpc) is 3.35. The quantitative estimate of drug-likeness (QED) is 0.264. The van der Waals surface area contributed by atoms with Crippen LogP contribution in [0.4, 0.5) is 19.1 Å². The molecule has 43 heavy (non-hydrogen) atoms. The van der Waals surface area contributed by atoms with Gasteiger partial charge in [0.05, 0.1) is 23.7 Å². The Morgan fingerprint density at radius 1 is 1.19 bits per heavy atom. The molecule has 0 aliphatic heterocycles. The number of aryl methyl sites for hydroxylation is 1. The summed E-state index contributed by atoms with van der Waals surface area (Å²) < 4.78 is 55.5. The smallest absolute Gasteiger partial charge is 0.429 e. The highest BCUT2D eigenvalue weighted by molar-refractivity contribution is 6.30. The number of carbonyl (C=O) groups is 1. The first-order valence-corrected chi connectivity index (χ1v) is 14.3. The number of hydrogen-bond donors (Lipinski definition) is 2. The minimum Gasteiger partial charge on any atom is -0.464 e. The van der Waals surface area contributed by atoms with Gasteiger partial charge in [-0.2, -0.15) is 23.3 Å². The third kappa shape index (κ3) is 8.70. The van der Waals surface area contributed by atoms with E-state index >= 15 is 0 Å². The second-order valence-corrected chi connectivity index (χ2v) is 12.4. The molecule has 1 unspecified atom stereocenters. The van der Waals surface area contributed by atoms with Gasteiger partial charge < -0.3 is 20.9 Å². The summed E-state index contributed by atoms with van der Waals surface area (Å²) in [5.74, 6) is -0.839. The highest BCUT2D eigenvalue weighted by Crippen LogP contribution is 2.40. The molecule has 2 aromatic heterocycles. The Bertz CT molecular complexity index is 1480.